The van der Waals surface area contributed by atoms with Crippen molar-refractivity contribution in [3.05, 3.63) is 54.6 Å². The van der Waals surface area contributed by atoms with Crippen LogP contribution in [0.5, 0.6) is 11.5 Å². The number of hydrogen-bond acceptors (Lipinski definition) is 3. The van der Waals surface area contributed by atoms with Crippen LogP contribution in [-0.2, 0) is 4.79 Å². The van der Waals surface area contributed by atoms with Crippen molar-refractivity contribution in [1.82, 2.24) is 5.32 Å². The van der Waals surface area contributed by atoms with Crippen LogP contribution >= 0.6 is 0 Å². The number of amides is 1. The van der Waals surface area contributed by atoms with Crippen LogP contribution in [0.4, 0.5) is 5.69 Å². The van der Waals surface area contributed by atoms with E-state index < -0.39 is 0 Å². The molecule has 1 amide bonds. The van der Waals surface area contributed by atoms with E-state index >= 15 is 0 Å². The van der Waals surface area contributed by atoms with Crippen LogP contribution < -0.4 is 15.4 Å². The molecule has 22 heavy (non-hydrogen) atoms. The maximum atomic E-state index is 11.5. The first kappa shape index (κ1) is 15.9. The van der Waals surface area contributed by atoms with E-state index in [1.54, 1.807) is 0 Å². The molecule has 0 aromatic heterocycles. The molecular weight excluding hydrogens is 276 g/mol. The van der Waals surface area contributed by atoms with E-state index in [9.17, 15) is 4.79 Å². The first-order chi connectivity index (χ1) is 10.8. The summed E-state index contributed by atoms with van der Waals surface area (Å²) in [5, 5.41) is 6.08. The lowest BCUT2D eigenvalue weighted by Gasteiger charge is -2.09. The van der Waals surface area contributed by atoms with Crippen LogP contribution in [0.15, 0.2) is 54.6 Å². The van der Waals surface area contributed by atoms with Gasteiger partial charge in [0.25, 0.3) is 0 Å². The first-order valence-electron chi connectivity index (χ1n) is 7.61. The highest BCUT2D eigenvalue weighted by atomic mass is 16.5. The zero-order valence-electron chi connectivity index (χ0n) is 12.8. The third-order valence-electron chi connectivity index (χ3n) is 3.09. The Bertz CT molecular complexity index is 567. The predicted molar refractivity (Wildman–Crippen MR) is 89.4 cm³/mol. The molecule has 0 saturated heterocycles. The van der Waals surface area contributed by atoms with Gasteiger partial charge in [-0.15, -0.1) is 0 Å². The fraction of sp³-hybridized carbons (Fsp3) is 0.278. The van der Waals surface area contributed by atoms with Gasteiger partial charge in [-0.2, -0.15) is 0 Å². The Labute approximate surface area is 131 Å². The number of para-hydroxylation sites is 1. The summed E-state index contributed by atoms with van der Waals surface area (Å²) in [6.07, 6.45) is 1.43. The van der Waals surface area contributed by atoms with Gasteiger partial charge in [0.05, 0.1) is 0 Å². The summed E-state index contributed by atoms with van der Waals surface area (Å²) in [6.45, 7) is 3.40. The van der Waals surface area contributed by atoms with Crippen molar-refractivity contribution in [3.63, 3.8) is 0 Å². The lowest BCUT2D eigenvalue weighted by atomic mass is 10.3. The van der Waals surface area contributed by atoms with Crippen LogP contribution in [0.25, 0.3) is 0 Å². The summed E-state index contributed by atoms with van der Waals surface area (Å²) in [5.41, 5.74) is 0.976. The summed E-state index contributed by atoms with van der Waals surface area (Å²) >= 11 is 0. The molecule has 0 aliphatic rings. The molecule has 0 unspecified atom stereocenters. The van der Waals surface area contributed by atoms with Crippen LogP contribution in [0.1, 0.15) is 19.8 Å². The van der Waals surface area contributed by atoms with E-state index in [1.165, 1.54) is 0 Å². The molecule has 0 aliphatic heterocycles. The number of ether oxygens (including phenoxy) is 1. The van der Waals surface area contributed by atoms with Crippen molar-refractivity contribution >= 4 is 11.6 Å². The zero-order chi connectivity index (χ0) is 15.6. The van der Waals surface area contributed by atoms with Crippen LogP contribution in [0, 0.1) is 0 Å². The average molecular weight is 298 g/mol. The molecule has 2 N–H and O–H groups in total. The number of rotatable bonds is 8. The van der Waals surface area contributed by atoms with Crippen LogP contribution in [0.3, 0.4) is 0 Å². The number of carbonyl (C=O) groups is 1. The summed E-state index contributed by atoms with van der Waals surface area (Å²) < 4.78 is 5.73. The summed E-state index contributed by atoms with van der Waals surface area (Å²) in [5.74, 6) is 1.69. The first-order valence-corrected chi connectivity index (χ1v) is 7.61. The summed E-state index contributed by atoms with van der Waals surface area (Å²) in [4.78, 5) is 11.5. The maximum absolute atomic E-state index is 11.5. The molecule has 4 heteroatoms. The van der Waals surface area contributed by atoms with Gasteiger partial charge in [0.2, 0.25) is 5.91 Å². The smallest absolute Gasteiger partial charge is 0.221 e. The maximum Gasteiger partial charge on any atom is 0.221 e. The Balaban J connectivity index is 1.76. The second-order valence-electron chi connectivity index (χ2n) is 4.97. The van der Waals surface area contributed by atoms with E-state index in [1.807, 2.05) is 61.5 Å². The minimum atomic E-state index is 0.0818. The molecule has 4 nitrogen and oxygen atoms in total. The van der Waals surface area contributed by atoms with E-state index in [2.05, 4.69) is 10.6 Å². The van der Waals surface area contributed by atoms with E-state index in [0.717, 1.165) is 30.2 Å². The van der Waals surface area contributed by atoms with Crippen LogP contribution in [-0.4, -0.2) is 19.0 Å². The van der Waals surface area contributed by atoms with Crippen molar-refractivity contribution in [2.75, 3.05) is 18.4 Å². The zero-order valence-corrected chi connectivity index (χ0v) is 12.8. The molecule has 0 spiro atoms. The number of nitrogens with one attached hydrogen (secondary N) is 2. The largest absolute Gasteiger partial charge is 0.457 e. The standard InChI is InChI=1S/C18H22N2O2/c1-2-13-20-18(21)12-14-19-15-8-10-17(11-9-15)22-16-6-4-3-5-7-16/h3-11,19H,2,12-14H2,1H3,(H,20,21). The van der Waals surface area contributed by atoms with Crippen molar-refractivity contribution in [2.45, 2.75) is 19.8 Å². The van der Waals surface area contributed by atoms with Gasteiger partial charge in [-0.25, -0.2) is 0 Å². The quantitative estimate of drug-likeness (QED) is 0.779. The van der Waals surface area contributed by atoms with Crippen molar-refractivity contribution in [2.24, 2.45) is 0 Å². The Morgan fingerprint density at radius 1 is 0.955 bits per heavy atom. The Hall–Kier alpha value is -2.49. The molecule has 0 saturated carbocycles. The molecule has 0 heterocycles. The molecule has 0 atom stereocenters. The molecule has 116 valence electrons. The predicted octanol–water partition coefficient (Wildman–Crippen LogP) is 3.81. The molecule has 2 aromatic rings. The molecule has 0 bridgehead atoms. The van der Waals surface area contributed by atoms with Crippen LogP contribution in [0.2, 0.25) is 0 Å². The topological polar surface area (TPSA) is 50.4 Å². The minimum Gasteiger partial charge on any atom is -0.457 e. The molecule has 2 aromatic carbocycles. The second-order valence-corrected chi connectivity index (χ2v) is 4.97. The number of anilines is 1. The second kappa shape index (κ2) is 8.72. The molecule has 0 radical (unpaired) electrons. The Morgan fingerprint density at radius 2 is 1.64 bits per heavy atom. The summed E-state index contributed by atoms with van der Waals surface area (Å²) in [6, 6.07) is 17.4. The monoisotopic (exact) mass is 298 g/mol. The van der Waals surface area contributed by atoms with Gasteiger partial charge in [-0.3, -0.25) is 4.79 Å². The minimum absolute atomic E-state index is 0.0818. The third kappa shape index (κ3) is 5.48. The summed E-state index contributed by atoms with van der Waals surface area (Å²) in [7, 11) is 0. The fourth-order valence-electron chi connectivity index (χ4n) is 1.94. The normalized spacial score (nSPS) is 10.0. The van der Waals surface area contributed by atoms with Crippen molar-refractivity contribution in [3.8, 4) is 11.5 Å². The third-order valence-corrected chi connectivity index (χ3v) is 3.09. The van der Waals surface area contributed by atoms with Crippen molar-refractivity contribution in [1.29, 1.82) is 0 Å². The number of carbonyl (C=O) groups excluding carboxylic acids is 1. The highest BCUT2D eigenvalue weighted by Gasteiger charge is 2.00. The van der Waals surface area contributed by atoms with Gasteiger partial charge >= 0.3 is 0 Å². The van der Waals surface area contributed by atoms with E-state index in [4.69, 9.17) is 4.74 Å². The Morgan fingerprint density at radius 3 is 2.32 bits per heavy atom. The Kier molecular flexibility index (Phi) is 6.30. The molecule has 0 aliphatic carbocycles. The lowest BCUT2D eigenvalue weighted by Crippen LogP contribution is -2.25. The van der Waals surface area contributed by atoms with Gasteiger partial charge in [-0.05, 0) is 42.8 Å². The highest BCUT2D eigenvalue weighted by molar-refractivity contribution is 5.76. The molecule has 0 fully saturated rings. The van der Waals surface area contributed by atoms with E-state index in [-0.39, 0.29) is 5.91 Å². The lowest BCUT2D eigenvalue weighted by molar-refractivity contribution is -0.120. The van der Waals surface area contributed by atoms with E-state index in [0.29, 0.717) is 13.0 Å². The number of benzene rings is 2. The van der Waals surface area contributed by atoms with Crippen molar-refractivity contribution < 1.29 is 9.53 Å². The van der Waals surface area contributed by atoms with Gasteiger partial charge in [-0.1, -0.05) is 25.1 Å². The fourth-order valence-corrected chi connectivity index (χ4v) is 1.94. The van der Waals surface area contributed by atoms with Gasteiger partial charge in [0, 0.05) is 25.2 Å². The number of hydrogen-bond donors (Lipinski definition) is 2. The van der Waals surface area contributed by atoms with Gasteiger partial charge in [0.1, 0.15) is 11.5 Å². The van der Waals surface area contributed by atoms with Gasteiger partial charge in [0.15, 0.2) is 0 Å². The molecular formula is C18H22N2O2. The average Bonchev–Trinajstić information content (AvgIpc) is 2.55. The SMILES string of the molecule is CCCNC(=O)CCNc1ccc(Oc2ccccc2)cc1. The highest BCUT2D eigenvalue weighted by Crippen LogP contribution is 2.22. The molecule has 2 rings (SSSR count). The van der Waals surface area contributed by atoms with Gasteiger partial charge < -0.3 is 15.4 Å².